The second kappa shape index (κ2) is 7.36. The number of carbonyl (C=O) groups is 2. The van der Waals surface area contributed by atoms with E-state index < -0.39 is 23.5 Å². The van der Waals surface area contributed by atoms with Crippen LogP contribution in [-0.4, -0.2) is 26.8 Å². The third kappa shape index (κ3) is 4.17. The number of aromatic carboxylic acids is 1. The minimum atomic E-state index is -1.27. The predicted molar refractivity (Wildman–Crippen MR) is 93.8 cm³/mol. The van der Waals surface area contributed by atoms with Crippen LogP contribution >= 0.6 is 0 Å². The normalized spacial score (nSPS) is 10.6. The highest BCUT2D eigenvalue weighted by molar-refractivity contribution is 6.04. The van der Waals surface area contributed by atoms with Gasteiger partial charge in [-0.05, 0) is 36.8 Å². The van der Waals surface area contributed by atoms with Gasteiger partial charge in [-0.1, -0.05) is 23.8 Å². The average molecular weight is 371 g/mol. The molecule has 1 aromatic heterocycles. The van der Waals surface area contributed by atoms with Crippen LogP contribution in [0.1, 0.15) is 32.0 Å². The first kappa shape index (κ1) is 18.2. The van der Waals surface area contributed by atoms with Gasteiger partial charge in [0.2, 0.25) is 0 Å². The Hall–Kier alpha value is -3.55. The Morgan fingerprint density at radius 3 is 2.41 bits per heavy atom. The number of benzene rings is 2. The smallest absolute Gasteiger partial charge is 0.356 e. The van der Waals surface area contributed by atoms with E-state index in [1.54, 1.807) is 24.3 Å². The van der Waals surface area contributed by atoms with Gasteiger partial charge < -0.3 is 10.4 Å². The van der Waals surface area contributed by atoms with Gasteiger partial charge in [-0.15, -0.1) is 0 Å². The van der Waals surface area contributed by atoms with E-state index in [0.29, 0.717) is 11.1 Å². The Kier molecular flexibility index (Phi) is 4.98. The lowest BCUT2D eigenvalue weighted by atomic mass is 10.1. The molecule has 138 valence electrons. The van der Waals surface area contributed by atoms with Crippen molar-refractivity contribution in [3.8, 4) is 0 Å². The number of anilines is 1. The summed E-state index contributed by atoms with van der Waals surface area (Å²) in [5.41, 5.74) is 1.46. The number of aromatic nitrogens is 2. The summed E-state index contributed by atoms with van der Waals surface area (Å²) in [4.78, 5) is 23.6. The van der Waals surface area contributed by atoms with Crippen molar-refractivity contribution < 1.29 is 23.5 Å². The first-order valence-corrected chi connectivity index (χ1v) is 7.96. The summed E-state index contributed by atoms with van der Waals surface area (Å²) in [7, 11) is 0. The largest absolute Gasteiger partial charge is 0.476 e. The molecule has 0 unspecified atom stereocenters. The van der Waals surface area contributed by atoms with E-state index in [1.807, 2.05) is 6.92 Å². The predicted octanol–water partition coefficient (Wildman–Crippen LogP) is 3.47. The number of hydrogen-bond donors (Lipinski definition) is 2. The van der Waals surface area contributed by atoms with Crippen LogP contribution in [0.25, 0.3) is 0 Å². The summed E-state index contributed by atoms with van der Waals surface area (Å²) in [5, 5.41) is 15.7. The molecule has 0 aliphatic rings. The maximum atomic E-state index is 13.4. The highest BCUT2D eigenvalue weighted by Gasteiger charge is 2.17. The van der Waals surface area contributed by atoms with E-state index in [2.05, 4.69) is 10.4 Å². The van der Waals surface area contributed by atoms with E-state index in [9.17, 15) is 18.4 Å². The molecule has 3 aromatic rings. The fraction of sp³-hybridized carbons (Fsp3) is 0.105. The van der Waals surface area contributed by atoms with Gasteiger partial charge >= 0.3 is 5.97 Å². The van der Waals surface area contributed by atoms with Gasteiger partial charge in [-0.2, -0.15) is 5.10 Å². The molecule has 0 atom stereocenters. The van der Waals surface area contributed by atoms with Gasteiger partial charge in [0.25, 0.3) is 5.91 Å². The molecule has 3 rings (SSSR count). The quantitative estimate of drug-likeness (QED) is 0.719. The molecule has 0 radical (unpaired) electrons. The molecule has 0 aliphatic heterocycles. The van der Waals surface area contributed by atoms with Gasteiger partial charge in [0.15, 0.2) is 17.3 Å². The third-order valence-electron chi connectivity index (χ3n) is 3.87. The van der Waals surface area contributed by atoms with Crippen LogP contribution in [0.3, 0.4) is 0 Å². The molecule has 2 N–H and O–H groups in total. The minimum Gasteiger partial charge on any atom is -0.476 e. The van der Waals surface area contributed by atoms with Crippen LogP contribution in [0.15, 0.2) is 48.5 Å². The lowest BCUT2D eigenvalue weighted by Gasteiger charge is -2.09. The molecular formula is C19H15F2N3O3. The van der Waals surface area contributed by atoms with Crippen molar-refractivity contribution in [1.82, 2.24) is 9.78 Å². The SMILES string of the molecule is Cc1ccc(C(=O)Nc2cc(C(=O)O)nn2Cc2ccc(F)c(F)c2)cc1. The highest BCUT2D eigenvalue weighted by Crippen LogP contribution is 2.17. The number of carboxylic acids is 1. The average Bonchev–Trinajstić information content (AvgIpc) is 3.01. The van der Waals surface area contributed by atoms with Gasteiger partial charge in [-0.25, -0.2) is 18.3 Å². The van der Waals surface area contributed by atoms with Crippen molar-refractivity contribution in [1.29, 1.82) is 0 Å². The third-order valence-corrected chi connectivity index (χ3v) is 3.87. The number of nitrogens with zero attached hydrogens (tertiary/aromatic N) is 2. The molecule has 0 aliphatic carbocycles. The summed E-state index contributed by atoms with van der Waals surface area (Å²) < 4.78 is 27.7. The Labute approximate surface area is 153 Å². The number of nitrogens with one attached hydrogen (secondary N) is 1. The van der Waals surface area contributed by atoms with Crippen molar-refractivity contribution in [3.63, 3.8) is 0 Å². The first-order valence-electron chi connectivity index (χ1n) is 7.96. The van der Waals surface area contributed by atoms with Gasteiger partial charge in [0, 0.05) is 11.6 Å². The van der Waals surface area contributed by atoms with Crippen LogP contribution in [0.5, 0.6) is 0 Å². The molecule has 0 bridgehead atoms. The first-order chi connectivity index (χ1) is 12.8. The topological polar surface area (TPSA) is 84.2 Å². The molecule has 1 heterocycles. The second-order valence-electron chi connectivity index (χ2n) is 5.95. The molecule has 27 heavy (non-hydrogen) atoms. The van der Waals surface area contributed by atoms with E-state index >= 15 is 0 Å². The van der Waals surface area contributed by atoms with Gasteiger partial charge in [0.1, 0.15) is 5.82 Å². The summed E-state index contributed by atoms with van der Waals surface area (Å²) in [6, 6.07) is 11.3. The zero-order chi connectivity index (χ0) is 19.6. The monoisotopic (exact) mass is 371 g/mol. The number of carbonyl (C=O) groups excluding carboxylic acids is 1. The molecule has 1 amide bonds. The maximum absolute atomic E-state index is 13.4. The maximum Gasteiger partial charge on any atom is 0.356 e. The van der Waals surface area contributed by atoms with Crippen LogP contribution in [0, 0.1) is 18.6 Å². The van der Waals surface area contributed by atoms with E-state index in [1.165, 1.54) is 16.8 Å². The number of halogens is 2. The molecular weight excluding hydrogens is 356 g/mol. The summed E-state index contributed by atoms with van der Waals surface area (Å²) in [6.45, 7) is 1.84. The number of carboxylic acid groups (broad SMARTS) is 1. The standard InChI is InChI=1S/C19H15F2N3O3/c1-11-2-5-13(6-3-11)18(25)22-17-9-16(19(26)27)23-24(17)10-12-4-7-14(20)15(21)8-12/h2-9H,10H2,1H3,(H,22,25)(H,26,27). The molecule has 6 nitrogen and oxygen atoms in total. The Morgan fingerprint density at radius 1 is 1.07 bits per heavy atom. The van der Waals surface area contributed by atoms with Crippen molar-refractivity contribution in [3.05, 3.63) is 82.5 Å². The van der Waals surface area contributed by atoms with Crippen LogP contribution in [0.2, 0.25) is 0 Å². The van der Waals surface area contributed by atoms with Crippen molar-refractivity contribution in [2.75, 3.05) is 5.32 Å². The highest BCUT2D eigenvalue weighted by atomic mass is 19.2. The second-order valence-corrected chi connectivity index (χ2v) is 5.95. The minimum absolute atomic E-state index is 0.0476. The van der Waals surface area contributed by atoms with E-state index in [0.717, 1.165) is 17.7 Å². The number of amides is 1. The zero-order valence-corrected chi connectivity index (χ0v) is 14.2. The van der Waals surface area contributed by atoms with E-state index in [4.69, 9.17) is 5.11 Å². The molecule has 0 fully saturated rings. The molecule has 0 saturated carbocycles. The Bertz CT molecular complexity index is 1010. The Balaban J connectivity index is 1.89. The van der Waals surface area contributed by atoms with Gasteiger partial charge in [-0.3, -0.25) is 4.79 Å². The van der Waals surface area contributed by atoms with Crippen molar-refractivity contribution in [2.24, 2.45) is 0 Å². The lowest BCUT2D eigenvalue weighted by molar-refractivity contribution is 0.0689. The lowest BCUT2D eigenvalue weighted by Crippen LogP contribution is -2.16. The molecule has 8 heteroatoms. The zero-order valence-electron chi connectivity index (χ0n) is 14.2. The van der Waals surface area contributed by atoms with Crippen LogP contribution < -0.4 is 5.32 Å². The number of aryl methyl sites for hydroxylation is 1. The van der Waals surface area contributed by atoms with Crippen LogP contribution in [-0.2, 0) is 6.54 Å². The van der Waals surface area contributed by atoms with Crippen LogP contribution in [0.4, 0.5) is 14.6 Å². The van der Waals surface area contributed by atoms with Crippen molar-refractivity contribution in [2.45, 2.75) is 13.5 Å². The fourth-order valence-corrected chi connectivity index (χ4v) is 2.45. The number of rotatable bonds is 5. The van der Waals surface area contributed by atoms with Crippen molar-refractivity contribution >= 4 is 17.7 Å². The summed E-state index contributed by atoms with van der Waals surface area (Å²) in [5.74, 6) is -3.60. The molecule has 0 spiro atoms. The summed E-state index contributed by atoms with van der Waals surface area (Å²) >= 11 is 0. The molecule has 2 aromatic carbocycles. The fourth-order valence-electron chi connectivity index (χ4n) is 2.45. The Morgan fingerprint density at radius 2 is 1.78 bits per heavy atom. The van der Waals surface area contributed by atoms with Gasteiger partial charge in [0.05, 0.1) is 6.54 Å². The number of hydrogen-bond acceptors (Lipinski definition) is 3. The summed E-state index contributed by atoms with van der Waals surface area (Å²) in [6.07, 6.45) is 0. The van der Waals surface area contributed by atoms with E-state index in [-0.39, 0.29) is 18.1 Å². The molecule has 0 saturated heterocycles.